The predicted octanol–water partition coefficient (Wildman–Crippen LogP) is 3.42. The summed E-state index contributed by atoms with van der Waals surface area (Å²) in [4.78, 5) is 4.22. The van der Waals surface area contributed by atoms with Gasteiger partial charge in [-0.1, -0.05) is 43.7 Å². The van der Waals surface area contributed by atoms with Crippen LogP contribution in [0, 0.1) is 6.92 Å². The van der Waals surface area contributed by atoms with Crippen LogP contribution in [-0.4, -0.2) is 10.1 Å². The molecule has 2 aromatic rings. The van der Waals surface area contributed by atoms with Gasteiger partial charge in [-0.15, -0.1) is 0 Å². The number of aliphatic hydroxyl groups excluding tert-OH is 1. The van der Waals surface area contributed by atoms with Gasteiger partial charge in [-0.3, -0.25) is 4.98 Å². The highest BCUT2D eigenvalue weighted by atomic mass is 16.3. The molecule has 1 aromatic heterocycles. The summed E-state index contributed by atoms with van der Waals surface area (Å²) in [6.07, 6.45) is 3.33. The van der Waals surface area contributed by atoms with Crippen LogP contribution in [0.5, 0.6) is 0 Å². The molecular weight excluding hydrogens is 222 g/mol. The Morgan fingerprint density at radius 3 is 2.78 bits per heavy atom. The Hall–Kier alpha value is -1.67. The molecule has 0 saturated heterocycles. The van der Waals surface area contributed by atoms with E-state index in [1.807, 2.05) is 31.2 Å². The maximum atomic E-state index is 10.4. The first-order chi connectivity index (χ1) is 8.72. The molecule has 0 fully saturated rings. The summed E-state index contributed by atoms with van der Waals surface area (Å²) in [5.74, 6) is 0. The van der Waals surface area contributed by atoms with E-state index in [1.54, 1.807) is 6.20 Å². The van der Waals surface area contributed by atoms with Crippen molar-refractivity contribution >= 4 is 0 Å². The molecule has 0 aliphatic carbocycles. The van der Waals surface area contributed by atoms with Gasteiger partial charge >= 0.3 is 0 Å². The number of aryl methyl sites for hydroxylation is 2. The second kappa shape index (κ2) is 5.78. The third-order valence-corrected chi connectivity index (χ3v) is 3.15. The Kier molecular flexibility index (Phi) is 4.11. The number of hydrogen-bond acceptors (Lipinski definition) is 2. The van der Waals surface area contributed by atoms with E-state index >= 15 is 0 Å². The number of nitrogens with zero attached hydrogens (tertiary/aromatic N) is 1. The lowest BCUT2D eigenvalue weighted by atomic mass is 9.98. The maximum Gasteiger partial charge on any atom is 0.106 e. The molecule has 18 heavy (non-hydrogen) atoms. The molecule has 1 aromatic carbocycles. The SMILES string of the molecule is CCCc1cccc(C(O)c2cccnc2C)c1. The number of aliphatic hydroxyl groups is 1. The van der Waals surface area contributed by atoms with Gasteiger partial charge in [0.2, 0.25) is 0 Å². The Morgan fingerprint density at radius 2 is 2.06 bits per heavy atom. The van der Waals surface area contributed by atoms with Crippen LogP contribution in [0.15, 0.2) is 42.6 Å². The highest BCUT2D eigenvalue weighted by molar-refractivity contribution is 5.34. The zero-order valence-electron chi connectivity index (χ0n) is 10.9. The summed E-state index contributed by atoms with van der Waals surface area (Å²) in [5.41, 5.74) is 3.98. The summed E-state index contributed by atoms with van der Waals surface area (Å²) in [6.45, 7) is 4.09. The molecule has 2 heteroatoms. The van der Waals surface area contributed by atoms with Gasteiger partial charge in [0.05, 0.1) is 0 Å². The molecule has 1 atom stereocenters. The van der Waals surface area contributed by atoms with E-state index in [2.05, 4.69) is 24.0 Å². The zero-order chi connectivity index (χ0) is 13.0. The molecule has 1 heterocycles. The van der Waals surface area contributed by atoms with Gasteiger partial charge < -0.3 is 5.11 Å². The average molecular weight is 241 g/mol. The maximum absolute atomic E-state index is 10.4. The van der Waals surface area contributed by atoms with E-state index in [4.69, 9.17) is 0 Å². The van der Waals surface area contributed by atoms with Gasteiger partial charge in [-0.05, 0) is 30.5 Å². The van der Waals surface area contributed by atoms with Crippen LogP contribution >= 0.6 is 0 Å². The van der Waals surface area contributed by atoms with Crippen molar-refractivity contribution in [3.63, 3.8) is 0 Å². The first kappa shape index (κ1) is 12.8. The molecule has 1 unspecified atom stereocenters. The van der Waals surface area contributed by atoms with Gasteiger partial charge in [0.15, 0.2) is 0 Å². The smallest absolute Gasteiger partial charge is 0.106 e. The topological polar surface area (TPSA) is 33.1 Å². The van der Waals surface area contributed by atoms with Crippen molar-refractivity contribution in [2.45, 2.75) is 32.8 Å². The van der Waals surface area contributed by atoms with Gasteiger partial charge in [0.25, 0.3) is 0 Å². The molecule has 0 spiro atoms. The molecule has 0 aliphatic heterocycles. The lowest BCUT2D eigenvalue weighted by molar-refractivity contribution is 0.219. The van der Waals surface area contributed by atoms with E-state index in [0.29, 0.717) is 0 Å². The van der Waals surface area contributed by atoms with Crippen LogP contribution in [0.3, 0.4) is 0 Å². The minimum Gasteiger partial charge on any atom is -0.384 e. The molecule has 1 N–H and O–H groups in total. The highest BCUT2D eigenvalue weighted by Crippen LogP contribution is 2.24. The summed E-state index contributed by atoms with van der Waals surface area (Å²) < 4.78 is 0. The van der Waals surface area contributed by atoms with E-state index in [9.17, 15) is 5.11 Å². The predicted molar refractivity (Wildman–Crippen MR) is 73.5 cm³/mol. The first-order valence-corrected chi connectivity index (χ1v) is 6.40. The highest BCUT2D eigenvalue weighted by Gasteiger charge is 2.13. The molecule has 94 valence electrons. The van der Waals surface area contributed by atoms with E-state index < -0.39 is 6.10 Å². The lowest BCUT2D eigenvalue weighted by Crippen LogP contribution is -2.03. The van der Waals surface area contributed by atoms with Crippen LogP contribution in [0.1, 0.15) is 41.8 Å². The third-order valence-electron chi connectivity index (χ3n) is 3.15. The molecule has 0 amide bonds. The van der Waals surface area contributed by atoms with E-state index in [1.165, 1.54) is 5.56 Å². The number of aromatic nitrogens is 1. The van der Waals surface area contributed by atoms with Crippen LogP contribution in [0.25, 0.3) is 0 Å². The zero-order valence-corrected chi connectivity index (χ0v) is 10.9. The van der Waals surface area contributed by atoms with Crippen molar-refractivity contribution in [2.24, 2.45) is 0 Å². The monoisotopic (exact) mass is 241 g/mol. The van der Waals surface area contributed by atoms with Crippen molar-refractivity contribution < 1.29 is 5.11 Å². The second-order valence-corrected chi connectivity index (χ2v) is 4.58. The van der Waals surface area contributed by atoms with E-state index in [0.717, 1.165) is 29.7 Å². The molecule has 2 nitrogen and oxygen atoms in total. The lowest BCUT2D eigenvalue weighted by Gasteiger charge is -2.14. The van der Waals surface area contributed by atoms with Crippen molar-refractivity contribution in [3.8, 4) is 0 Å². The van der Waals surface area contributed by atoms with Crippen LogP contribution in [-0.2, 0) is 6.42 Å². The normalized spacial score (nSPS) is 12.4. The van der Waals surface area contributed by atoms with Gasteiger partial charge in [-0.25, -0.2) is 0 Å². The number of pyridine rings is 1. The van der Waals surface area contributed by atoms with Gasteiger partial charge in [0.1, 0.15) is 6.10 Å². The molecule has 0 saturated carbocycles. The van der Waals surface area contributed by atoms with Crippen LogP contribution in [0.2, 0.25) is 0 Å². The number of benzene rings is 1. The molecule has 0 aliphatic rings. The Labute approximate surface area is 108 Å². The molecule has 2 rings (SSSR count). The first-order valence-electron chi connectivity index (χ1n) is 6.40. The minimum absolute atomic E-state index is 0.587. The Bertz CT molecular complexity index is 522. The minimum atomic E-state index is -0.587. The second-order valence-electron chi connectivity index (χ2n) is 4.58. The Balaban J connectivity index is 2.31. The van der Waals surface area contributed by atoms with Crippen molar-refractivity contribution in [2.75, 3.05) is 0 Å². The third kappa shape index (κ3) is 2.77. The van der Waals surface area contributed by atoms with Crippen molar-refractivity contribution in [1.29, 1.82) is 0 Å². The van der Waals surface area contributed by atoms with Crippen LogP contribution < -0.4 is 0 Å². The number of hydrogen-bond donors (Lipinski definition) is 1. The summed E-state index contributed by atoms with van der Waals surface area (Å²) >= 11 is 0. The summed E-state index contributed by atoms with van der Waals surface area (Å²) in [5, 5.41) is 10.4. The molecule has 0 radical (unpaired) electrons. The standard InChI is InChI=1S/C16H19NO/c1-3-6-13-7-4-8-14(11-13)16(18)15-9-5-10-17-12(15)2/h4-5,7-11,16,18H,3,6H2,1-2H3. The van der Waals surface area contributed by atoms with Crippen LogP contribution in [0.4, 0.5) is 0 Å². The molecule has 0 bridgehead atoms. The Morgan fingerprint density at radius 1 is 1.22 bits per heavy atom. The fourth-order valence-corrected chi connectivity index (χ4v) is 2.17. The van der Waals surface area contributed by atoms with Crippen molar-refractivity contribution in [1.82, 2.24) is 4.98 Å². The quantitative estimate of drug-likeness (QED) is 0.889. The fourth-order valence-electron chi connectivity index (χ4n) is 2.17. The summed E-state index contributed by atoms with van der Waals surface area (Å²) in [7, 11) is 0. The number of rotatable bonds is 4. The fraction of sp³-hybridized carbons (Fsp3) is 0.312. The average Bonchev–Trinajstić information content (AvgIpc) is 2.39. The van der Waals surface area contributed by atoms with Gasteiger partial charge in [-0.2, -0.15) is 0 Å². The van der Waals surface area contributed by atoms with Crippen molar-refractivity contribution in [3.05, 3.63) is 65.0 Å². The largest absolute Gasteiger partial charge is 0.384 e. The van der Waals surface area contributed by atoms with Gasteiger partial charge in [0, 0.05) is 17.5 Å². The van der Waals surface area contributed by atoms with E-state index in [-0.39, 0.29) is 0 Å². The summed E-state index contributed by atoms with van der Waals surface area (Å²) in [6, 6.07) is 12.0. The molecular formula is C16H19NO.